The standard InChI is InChI=1S/C18H20INO3/c1-22-16-10-9-13(12-17(16)23-2)6-5-11-20-18(21)14-7-3-4-8-15(14)19/h3-4,7-10,12H,5-6,11H2,1-2H3,(H,20,21). The monoisotopic (exact) mass is 425 g/mol. The molecule has 2 aromatic rings. The summed E-state index contributed by atoms with van der Waals surface area (Å²) in [5, 5.41) is 2.96. The van der Waals surface area contributed by atoms with Crippen molar-refractivity contribution in [3.63, 3.8) is 0 Å². The van der Waals surface area contributed by atoms with Crippen molar-refractivity contribution in [3.05, 3.63) is 57.2 Å². The highest BCUT2D eigenvalue weighted by molar-refractivity contribution is 14.1. The van der Waals surface area contributed by atoms with Crippen molar-refractivity contribution >= 4 is 28.5 Å². The number of carbonyl (C=O) groups excluding carboxylic acids is 1. The van der Waals surface area contributed by atoms with Gasteiger partial charge in [-0.1, -0.05) is 18.2 Å². The summed E-state index contributed by atoms with van der Waals surface area (Å²) in [4.78, 5) is 12.1. The summed E-state index contributed by atoms with van der Waals surface area (Å²) in [7, 11) is 3.25. The van der Waals surface area contributed by atoms with Crippen molar-refractivity contribution in [1.82, 2.24) is 5.32 Å². The van der Waals surface area contributed by atoms with Crippen LogP contribution in [0, 0.1) is 3.57 Å². The van der Waals surface area contributed by atoms with Crippen molar-refractivity contribution in [2.24, 2.45) is 0 Å². The van der Waals surface area contributed by atoms with Crippen LogP contribution in [0.3, 0.4) is 0 Å². The summed E-state index contributed by atoms with van der Waals surface area (Å²) in [5.74, 6) is 1.43. The molecule has 4 nitrogen and oxygen atoms in total. The van der Waals surface area contributed by atoms with Crippen LogP contribution in [0.15, 0.2) is 42.5 Å². The number of amides is 1. The Hall–Kier alpha value is -1.76. The second-order valence-corrected chi connectivity index (χ2v) is 6.19. The Morgan fingerprint density at radius 1 is 1.09 bits per heavy atom. The van der Waals surface area contributed by atoms with Crippen LogP contribution in [0.1, 0.15) is 22.3 Å². The zero-order valence-corrected chi connectivity index (χ0v) is 15.4. The highest BCUT2D eigenvalue weighted by Gasteiger charge is 2.08. The molecule has 5 heteroatoms. The van der Waals surface area contributed by atoms with Gasteiger partial charge in [0, 0.05) is 10.1 Å². The van der Waals surface area contributed by atoms with Crippen LogP contribution in [0.4, 0.5) is 0 Å². The third-order valence-corrected chi connectivity index (χ3v) is 4.43. The molecule has 0 aliphatic heterocycles. The van der Waals surface area contributed by atoms with E-state index in [9.17, 15) is 4.79 Å². The largest absolute Gasteiger partial charge is 0.493 e. The molecule has 0 unspecified atom stereocenters. The third kappa shape index (κ3) is 4.86. The fourth-order valence-electron chi connectivity index (χ4n) is 2.27. The van der Waals surface area contributed by atoms with E-state index in [2.05, 4.69) is 27.9 Å². The number of hydrogen-bond acceptors (Lipinski definition) is 3. The number of benzene rings is 2. The molecule has 2 aromatic carbocycles. The van der Waals surface area contributed by atoms with Gasteiger partial charge >= 0.3 is 0 Å². The first-order chi connectivity index (χ1) is 11.2. The summed E-state index contributed by atoms with van der Waals surface area (Å²) < 4.78 is 11.5. The minimum Gasteiger partial charge on any atom is -0.493 e. The van der Waals surface area contributed by atoms with Crippen LogP contribution >= 0.6 is 22.6 Å². The van der Waals surface area contributed by atoms with Gasteiger partial charge in [0.25, 0.3) is 5.91 Å². The van der Waals surface area contributed by atoms with Crippen LogP contribution in [-0.2, 0) is 6.42 Å². The molecule has 0 atom stereocenters. The predicted molar refractivity (Wildman–Crippen MR) is 99.4 cm³/mol. The fourth-order valence-corrected chi connectivity index (χ4v) is 2.90. The number of rotatable bonds is 7. The minimum atomic E-state index is -0.0256. The van der Waals surface area contributed by atoms with Gasteiger partial charge in [0.2, 0.25) is 0 Å². The van der Waals surface area contributed by atoms with E-state index in [0.717, 1.165) is 39.0 Å². The molecule has 0 aliphatic rings. The van der Waals surface area contributed by atoms with Gasteiger partial charge in [-0.3, -0.25) is 4.79 Å². The number of carbonyl (C=O) groups is 1. The lowest BCUT2D eigenvalue weighted by Crippen LogP contribution is -2.25. The molecule has 0 spiro atoms. The first kappa shape index (κ1) is 17.6. The van der Waals surface area contributed by atoms with E-state index < -0.39 is 0 Å². The van der Waals surface area contributed by atoms with Crippen molar-refractivity contribution < 1.29 is 14.3 Å². The Labute approximate surface area is 150 Å². The Morgan fingerprint density at radius 2 is 1.83 bits per heavy atom. The topological polar surface area (TPSA) is 47.6 Å². The Morgan fingerprint density at radius 3 is 2.52 bits per heavy atom. The summed E-state index contributed by atoms with van der Waals surface area (Å²) in [6.45, 7) is 0.637. The number of ether oxygens (including phenoxy) is 2. The quantitative estimate of drug-likeness (QED) is 0.544. The molecule has 0 fully saturated rings. The van der Waals surface area contributed by atoms with Crippen LogP contribution in [0.25, 0.3) is 0 Å². The molecule has 0 saturated heterocycles. The molecule has 2 rings (SSSR count). The summed E-state index contributed by atoms with van der Waals surface area (Å²) >= 11 is 2.17. The molecular formula is C18H20INO3. The molecule has 0 saturated carbocycles. The maximum absolute atomic E-state index is 12.1. The van der Waals surface area contributed by atoms with Crippen LogP contribution in [0.5, 0.6) is 11.5 Å². The van der Waals surface area contributed by atoms with E-state index in [1.165, 1.54) is 0 Å². The average Bonchev–Trinajstić information content (AvgIpc) is 2.58. The lowest BCUT2D eigenvalue weighted by Gasteiger charge is -2.10. The van der Waals surface area contributed by atoms with Crippen molar-refractivity contribution in [2.75, 3.05) is 20.8 Å². The lowest BCUT2D eigenvalue weighted by atomic mass is 10.1. The van der Waals surface area contributed by atoms with Gasteiger partial charge in [0.15, 0.2) is 11.5 Å². The van der Waals surface area contributed by atoms with Gasteiger partial charge in [0.05, 0.1) is 19.8 Å². The predicted octanol–water partition coefficient (Wildman–Crippen LogP) is 3.67. The molecule has 1 N–H and O–H groups in total. The van der Waals surface area contributed by atoms with E-state index in [-0.39, 0.29) is 5.91 Å². The maximum atomic E-state index is 12.1. The van der Waals surface area contributed by atoms with E-state index in [0.29, 0.717) is 6.54 Å². The van der Waals surface area contributed by atoms with Gasteiger partial charge in [-0.05, 0) is 65.3 Å². The summed E-state index contributed by atoms with van der Waals surface area (Å²) in [5.41, 5.74) is 1.88. The van der Waals surface area contributed by atoms with Crippen LogP contribution in [-0.4, -0.2) is 26.7 Å². The maximum Gasteiger partial charge on any atom is 0.252 e. The Bertz CT molecular complexity index is 673. The fraction of sp³-hybridized carbons (Fsp3) is 0.278. The molecule has 0 aromatic heterocycles. The average molecular weight is 425 g/mol. The van der Waals surface area contributed by atoms with Gasteiger partial charge in [0.1, 0.15) is 0 Å². The van der Waals surface area contributed by atoms with Crippen molar-refractivity contribution in [3.8, 4) is 11.5 Å². The molecule has 0 heterocycles. The number of halogens is 1. The highest BCUT2D eigenvalue weighted by atomic mass is 127. The highest BCUT2D eigenvalue weighted by Crippen LogP contribution is 2.27. The molecule has 1 amide bonds. The molecule has 23 heavy (non-hydrogen) atoms. The van der Waals surface area contributed by atoms with E-state index >= 15 is 0 Å². The van der Waals surface area contributed by atoms with E-state index in [1.54, 1.807) is 14.2 Å². The van der Waals surface area contributed by atoms with Gasteiger partial charge < -0.3 is 14.8 Å². The molecule has 0 radical (unpaired) electrons. The number of methoxy groups -OCH3 is 2. The van der Waals surface area contributed by atoms with Gasteiger partial charge in [-0.2, -0.15) is 0 Å². The summed E-state index contributed by atoms with van der Waals surface area (Å²) in [6, 6.07) is 13.5. The lowest BCUT2D eigenvalue weighted by molar-refractivity contribution is 0.0952. The normalized spacial score (nSPS) is 10.2. The van der Waals surface area contributed by atoms with Crippen LogP contribution in [0.2, 0.25) is 0 Å². The van der Waals surface area contributed by atoms with Crippen LogP contribution < -0.4 is 14.8 Å². The zero-order chi connectivity index (χ0) is 16.7. The Balaban J connectivity index is 1.84. The van der Waals surface area contributed by atoms with Gasteiger partial charge in [-0.15, -0.1) is 0 Å². The second kappa shape index (κ2) is 8.76. The molecular weight excluding hydrogens is 405 g/mol. The molecule has 0 bridgehead atoms. The van der Waals surface area contributed by atoms with E-state index in [1.807, 2.05) is 42.5 Å². The zero-order valence-electron chi connectivity index (χ0n) is 13.3. The SMILES string of the molecule is COc1ccc(CCCNC(=O)c2ccccc2I)cc1OC. The number of nitrogens with one attached hydrogen (secondary N) is 1. The van der Waals surface area contributed by atoms with Gasteiger partial charge in [-0.25, -0.2) is 0 Å². The summed E-state index contributed by atoms with van der Waals surface area (Å²) in [6.07, 6.45) is 1.73. The first-order valence-corrected chi connectivity index (χ1v) is 8.47. The van der Waals surface area contributed by atoms with E-state index in [4.69, 9.17) is 9.47 Å². The van der Waals surface area contributed by atoms with Crippen molar-refractivity contribution in [2.45, 2.75) is 12.8 Å². The smallest absolute Gasteiger partial charge is 0.252 e. The second-order valence-electron chi connectivity index (χ2n) is 5.03. The first-order valence-electron chi connectivity index (χ1n) is 7.39. The Kier molecular flexibility index (Phi) is 6.70. The minimum absolute atomic E-state index is 0.0256. The van der Waals surface area contributed by atoms with Crippen molar-refractivity contribution in [1.29, 1.82) is 0 Å². The molecule has 0 aliphatic carbocycles. The number of aryl methyl sites for hydroxylation is 1. The molecule has 122 valence electrons. The third-order valence-electron chi connectivity index (χ3n) is 3.49. The number of hydrogen-bond donors (Lipinski definition) is 1.